The number of anilines is 1. The molecule has 102 valence electrons. The molecule has 0 amide bonds. The third-order valence-electron chi connectivity index (χ3n) is 2.10. The van der Waals surface area contributed by atoms with E-state index < -0.39 is 28.6 Å². The summed E-state index contributed by atoms with van der Waals surface area (Å²) < 4.78 is 62.9. The zero-order chi connectivity index (χ0) is 14.0. The highest BCUT2D eigenvalue weighted by Gasteiger charge is 2.28. The lowest BCUT2D eigenvalue weighted by molar-refractivity contribution is -0.169. The summed E-state index contributed by atoms with van der Waals surface area (Å²) in [6.45, 7) is 0.00507. The molecule has 1 aromatic rings. The lowest BCUT2D eigenvalue weighted by Crippen LogP contribution is -2.20. The van der Waals surface area contributed by atoms with Crippen LogP contribution < -0.4 is 5.73 Å². The van der Waals surface area contributed by atoms with E-state index in [1.54, 1.807) is 6.92 Å². The molecule has 0 aromatic heterocycles. The maximum atomic E-state index is 11.8. The van der Waals surface area contributed by atoms with Crippen molar-refractivity contribution in [3.05, 3.63) is 23.8 Å². The zero-order valence-electron chi connectivity index (χ0n) is 9.49. The molecule has 0 saturated carbocycles. The van der Waals surface area contributed by atoms with E-state index >= 15 is 0 Å². The molecule has 0 aliphatic heterocycles. The number of hydrogen-bond donors (Lipinski definition) is 1. The van der Waals surface area contributed by atoms with Gasteiger partial charge in [-0.25, -0.2) is 8.42 Å². The maximum absolute atomic E-state index is 11.8. The van der Waals surface area contributed by atoms with Crippen LogP contribution in [0.1, 0.15) is 5.56 Å². The number of alkyl halides is 3. The largest absolute Gasteiger partial charge is 0.411 e. The Kier molecular flexibility index (Phi) is 4.23. The first-order chi connectivity index (χ1) is 8.12. The number of halogens is 3. The molecule has 0 bridgehead atoms. The van der Waals surface area contributed by atoms with Gasteiger partial charge in [-0.3, -0.25) is 0 Å². The fourth-order valence-corrected chi connectivity index (χ4v) is 2.25. The van der Waals surface area contributed by atoms with Gasteiger partial charge in [-0.15, -0.1) is 0 Å². The number of benzene rings is 1. The van der Waals surface area contributed by atoms with Crippen molar-refractivity contribution in [1.29, 1.82) is 0 Å². The van der Waals surface area contributed by atoms with E-state index in [-0.39, 0.29) is 4.90 Å². The van der Waals surface area contributed by atoms with Crippen molar-refractivity contribution < 1.29 is 26.3 Å². The first-order valence-corrected chi connectivity index (χ1v) is 6.50. The Morgan fingerprint density at radius 1 is 1.33 bits per heavy atom. The number of rotatable bonds is 4. The summed E-state index contributed by atoms with van der Waals surface area (Å²) in [7, 11) is -3.90. The van der Waals surface area contributed by atoms with Crippen molar-refractivity contribution >= 4 is 15.5 Å². The van der Waals surface area contributed by atoms with Crippen LogP contribution in [-0.2, 0) is 14.6 Å². The van der Waals surface area contributed by atoms with Gasteiger partial charge in [-0.05, 0) is 30.7 Å². The number of nitrogen functional groups attached to an aromatic ring is 1. The standard InChI is InChI=1S/C10H12F3NO3S/c1-7-4-8(2-3-9(7)14)18(15,16)6-17-5-10(11,12)13/h2-4H,5-6,14H2,1H3. The SMILES string of the molecule is Cc1cc(S(=O)(=O)COCC(F)(F)F)ccc1N. The average molecular weight is 283 g/mol. The molecule has 0 radical (unpaired) electrons. The molecule has 8 heteroatoms. The molecule has 0 saturated heterocycles. The van der Waals surface area contributed by atoms with Gasteiger partial charge in [0.05, 0.1) is 4.90 Å². The molecule has 1 aromatic carbocycles. The van der Waals surface area contributed by atoms with Crippen molar-refractivity contribution in [1.82, 2.24) is 0 Å². The predicted octanol–water partition coefficient (Wildman–Crippen LogP) is 1.89. The average Bonchev–Trinajstić information content (AvgIpc) is 2.19. The smallest absolute Gasteiger partial charge is 0.399 e. The Bertz CT molecular complexity index is 526. The maximum Gasteiger partial charge on any atom is 0.411 e. The van der Waals surface area contributed by atoms with Crippen LogP contribution in [0, 0.1) is 6.92 Å². The minimum Gasteiger partial charge on any atom is -0.399 e. The fraction of sp³-hybridized carbons (Fsp3) is 0.400. The van der Waals surface area contributed by atoms with Gasteiger partial charge >= 0.3 is 6.18 Å². The zero-order valence-corrected chi connectivity index (χ0v) is 10.3. The highest BCUT2D eigenvalue weighted by atomic mass is 32.2. The van der Waals surface area contributed by atoms with Crippen LogP contribution in [0.5, 0.6) is 0 Å². The van der Waals surface area contributed by atoms with Gasteiger partial charge in [0.1, 0.15) is 6.61 Å². The molecular formula is C10H12F3NO3S. The third-order valence-corrected chi connectivity index (χ3v) is 3.55. The second-order valence-corrected chi connectivity index (χ2v) is 5.65. The van der Waals surface area contributed by atoms with Gasteiger partial charge < -0.3 is 10.5 Å². The van der Waals surface area contributed by atoms with Gasteiger partial charge in [0.25, 0.3) is 0 Å². The Balaban J connectivity index is 2.77. The van der Waals surface area contributed by atoms with Crippen LogP contribution in [0.3, 0.4) is 0 Å². The topological polar surface area (TPSA) is 69.4 Å². The molecule has 4 nitrogen and oxygen atoms in total. The van der Waals surface area contributed by atoms with Gasteiger partial charge in [0, 0.05) is 5.69 Å². The lowest BCUT2D eigenvalue weighted by atomic mass is 10.2. The van der Waals surface area contributed by atoms with E-state index in [1.165, 1.54) is 18.2 Å². The minimum atomic E-state index is -4.55. The summed E-state index contributed by atoms with van der Waals surface area (Å²) in [5, 5.41) is 0. The van der Waals surface area contributed by atoms with Gasteiger partial charge in [-0.2, -0.15) is 13.2 Å². The first-order valence-electron chi connectivity index (χ1n) is 4.85. The molecule has 0 fully saturated rings. The summed E-state index contributed by atoms with van der Waals surface area (Å²) in [6, 6.07) is 3.90. The van der Waals surface area contributed by atoms with Gasteiger partial charge in [-0.1, -0.05) is 0 Å². The number of ether oxygens (including phenoxy) is 1. The summed E-state index contributed by atoms with van der Waals surface area (Å²) in [4.78, 5) is -0.114. The van der Waals surface area contributed by atoms with Crippen molar-refractivity contribution in [2.75, 3.05) is 18.3 Å². The number of nitrogens with two attached hydrogens (primary N) is 1. The fourth-order valence-electron chi connectivity index (χ4n) is 1.18. The van der Waals surface area contributed by atoms with Crippen molar-refractivity contribution in [2.45, 2.75) is 18.0 Å². The summed E-state index contributed by atoms with van der Waals surface area (Å²) in [5.41, 5.74) is 6.46. The Morgan fingerprint density at radius 2 is 1.94 bits per heavy atom. The number of hydrogen-bond acceptors (Lipinski definition) is 4. The molecule has 0 aliphatic rings. The molecule has 0 unspecified atom stereocenters. The highest BCUT2D eigenvalue weighted by Crippen LogP contribution is 2.19. The summed E-state index contributed by atoms with van der Waals surface area (Å²) in [5.74, 6) is -1.02. The summed E-state index contributed by atoms with van der Waals surface area (Å²) in [6.07, 6.45) is -4.55. The molecule has 1 rings (SSSR count). The van der Waals surface area contributed by atoms with Crippen LogP contribution in [0.25, 0.3) is 0 Å². The highest BCUT2D eigenvalue weighted by molar-refractivity contribution is 7.91. The molecule has 18 heavy (non-hydrogen) atoms. The van der Waals surface area contributed by atoms with Crippen LogP contribution >= 0.6 is 0 Å². The monoisotopic (exact) mass is 283 g/mol. The molecule has 2 N–H and O–H groups in total. The van der Waals surface area contributed by atoms with E-state index in [1.807, 2.05) is 0 Å². The lowest BCUT2D eigenvalue weighted by Gasteiger charge is -2.09. The minimum absolute atomic E-state index is 0.114. The van der Waals surface area contributed by atoms with E-state index in [4.69, 9.17) is 5.73 Å². The molecule has 0 spiro atoms. The Hall–Kier alpha value is -1.28. The molecule has 0 heterocycles. The number of aryl methyl sites for hydroxylation is 1. The molecule has 0 atom stereocenters. The number of sulfone groups is 1. The third kappa shape index (κ3) is 4.19. The van der Waals surface area contributed by atoms with Crippen molar-refractivity contribution in [3.63, 3.8) is 0 Å². The summed E-state index contributed by atoms with van der Waals surface area (Å²) >= 11 is 0. The van der Waals surface area contributed by atoms with Gasteiger partial charge in [0.15, 0.2) is 5.94 Å². The van der Waals surface area contributed by atoms with E-state index in [9.17, 15) is 21.6 Å². The van der Waals surface area contributed by atoms with Crippen LogP contribution in [0.4, 0.5) is 18.9 Å². The van der Waals surface area contributed by atoms with Crippen LogP contribution in [0.15, 0.2) is 23.1 Å². The van der Waals surface area contributed by atoms with Crippen LogP contribution in [-0.4, -0.2) is 27.1 Å². The van der Waals surface area contributed by atoms with Gasteiger partial charge in [0.2, 0.25) is 9.84 Å². The van der Waals surface area contributed by atoms with E-state index in [0.29, 0.717) is 11.3 Å². The van der Waals surface area contributed by atoms with Crippen molar-refractivity contribution in [2.24, 2.45) is 0 Å². The van der Waals surface area contributed by atoms with Crippen LogP contribution in [0.2, 0.25) is 0 Å². The second-order valence-electron chi connectivity index (χ2n) is 3.71. The van der Waals surface area contributed by atoms with E-state index in [0.717, 1.165) is 0 Å². The quantitative estimate of drug-likeness (QED) is 0.857. The Labute approximate surface area is 102 Å². The Morgan fingerprint density at radius 3 is 2.44 bits per heavy atom. The predicted molar refractivity (Wildman–Crippen MR) is 59.7 cm³/mol. The first kappa shape index (κ1) is 14.8. The van der Waals surface area contributed by atoms with Crippen molar-refractivity contribution in [3.8, 4) is 0 Å². The second kappa shape index (κ2) is 5.15. The van der Waals surface area contributed by atoms with E-state index in [2.05, 4.69) is 4.74 Å². The molecule has 0 aliphatic carbocycles. The molecular weight excluding hydrogens is 271 g/mol. The normalized spacial score (nSPS) is 12.7.